The van der Waals surface area contributed by atoms with Crippen LogP contribution in [-0.2, 0) is 9.59 Å². The predicted octanol–water partition coefficient (Wildman–Crippen LogP) is 3.19. The third-order valence-electron chi connectivity index (χ3n) is 6.54. The van der Waals surface area contributed by atoms with Gasteiger partial charge in [-0.25, -0.2) is 9.69 Å². The van der Waals surface area contributed by atoms with Gasteiger partial charge in [-0.2, -0.15) is 5.26 Å². The molecular formula is C24H23Cl2N5O3. The molecule has 0 saturated carbocycles. The highest BCUT2D eigenvalue weighted by Gasteiger charge is 2.64. The number of anilines is 1. The number of nitriles is 1. The Balaban J connectivity index is 1.80. The van der Waals surface area contributed by atoms with Crippen LogP contribution in [0.15, 0.2) is 42.5 Å². The van der Waals surface area contributed by atoms with E-state index in [1.165, 1.54) is 28.0 Å². The van der Waals surface area contributed by atoms with Crippen LogP contribution in [0, 0.1) is 11.3 Å². The lowest BCUT2D eigenvalue weighted by atomic mass is 9.80. The average Bonchev–Trinajstić information content (AvgIpc) is 3.25. The number of carbonyl (C=O) groups excluding carboxylic acids is 3. The molecule has 2 saturated heterocycles. The van der Waals surface area contributed by atoms with E-state index in [2.05, 4.69) is 6.07 Å². The summed E-state index contributed by atoms with van der Waals surface area (Å²) in [6.07, 6.45) is 0. The Morgan fingerprint density at radius 2 is 1.76 bits per heavy atom. The Hall–Kier alpha value is -3.12. The van der Waals surface area contributed by atoms with Crippen molar-refractivity contribution in [2.24, 2.45) is 0 Å². The lowest BCUT2D eigenvalue weighted by Gasteiger charge is -2.34. The number of imide groups is 1. The third kappa shape index (κ3) is 3.90. The molecule has 2 aliphatic heterocycles. The third-order valence-corrected chi connectivity index (χ3v) is 6.97. The molecule has 0 radical (unpaired) electrons. The molecule has 2 heterocycles. The lowest BCUT2D eigenvalue weighted by molar-refractivity contribution is -0.130. The zero-order valence-corrected chi connectivity index (χ0v) is 20.5. The molecule has 4 amide bonds. The quantitative estimate of drug-likeness (QED) is 0.602. The number of benzene rings is 2. The van der Waals surface area contributed by atoms with Gasteiger partial charge in [-0.05, 0) is 35.9 Å². The minimum Gasteiger partial charge on any atom is -0.348 e. The predicted molar refractivity (Wildman–Crippen MR) is 129 cm³/mol. The number of nitrogens with zero attached hydrogens (tertiary/aromatic N) is 5. The highest BCUT2D eigenvalue weighted by molar-refractivity contribution is 6.35. The summed E-state index contributed by atoms with van der Waals surface area (Å²) in [5.41, 5.74) is 0.343. The van der Waals surface area contributed by atoms with Gasteiger partial charge in [0.2, 0.25) is 5.91 Å². The van der Waals surface area contributed by atoms with Gasteiger partial charge in [-0.3, -0.25) is 14.5 Å². The fraction of sp³-hybridized carbons (Fsp3) is 0.333. The van der Waals surface area contributed by atoms with Crippen LogP contribution in [0.1, 0.15) is 17.0 Å². The minimum atomic E-state index is -1.24. The van der Waals surface area contributed by atoms with E-state index < -0.39 is 23.4 Å². The van der Waals surface area contributed by atoms with Crippen LogP contribution >= 0.6 is 23.2 Å². The number of carbonyl (C=O) groups is 3. The Morgan fingerprint density at radius 3 is 2.32 bits per heavy atom. The molecule has 176 valence electrons. The second-order valence-electron chi connectivity index (χ2n) is 8.78. The molecule has 1 spiro atoms. The van der Waals surface area contributed by atoms with Crippen molar-refractivity contribution >= 4 is 46.7 Å². The number of hydrogen-bond donors (Lipinski definition) is 0. The van der Waals surface area contributed by atoms with Crippen molar-refractivity contribution in [1.82, 2.24) is 14.7 Å². The Labute approximate surface area is 207 Å². The van der Waals surface area contributed by atoms with Crippen LogP contribution in [0.4, 0.5) is 10.5 Å². The summed E-state index contributed by atoms with van der Waals surface area (Å²) in [4.78, 5) is 45.9. The normalized spacial score (nSPS) is 22.5. The summed E-state index contributed by atoms with van der Waals surface area (Å²) in [5.74, 6) is -0.933. The molecule has 2 atom stereocenters. The smallest absolute Gasteiger partial charge is 0.332 e. The maximum Gasteiger partial charge on any atom is 0.332 e. The molecule has 0 N–H and O–H groups in total. The molecular weight excluding hydrogens is 477 g/mol. The largest absolute Gasteiger partial charge is 0.348 e. The van der Waals surface area contributed by atoms with E-state index in [1.54, 1.807) is 45.4 Å². The van der Waals surface area contributed by atoms with Crippen LogP contribution in [0.3, 0.4) is 0 Å². The molecule has 34 heavy (non-hydrogen) atoms. The number of likely N-dealkylation sites (N-methyl/N-ethyl adjacent to an activating group) is 2. The van der Waals surface area contributed by atoms with Gasteiger partial charge >= 0.3 is 6.03 Å². The molecule has 2 aliphatic rings. The summed E-state index contributed by atoms with van der Waals surface area (Å²) in [6, 6.07) is 13.1. The number of likely N-dealkylation sites (tertiary alicyclic amines) is 1. The molecule has 10 heteroatoms. The first kappa shape index (κ1) is 24.0. The average molecular weight is 500 g/mol. The van der Waals surface area contributed by atoms with E-state index >= 15 is 0 Å². The molecule has 8 nitrogen and oxygen atoms in total. The maximum atomic E-state index is 14.0. The van der Waals surface area contributed by atoms with Crippen molar-refractivity contribution in [3.05, 3.63) is 63.6 Å². The topological polar surface area (TPSA) is 88.0 Å². The van der Waals surface area contributed by atoms with Crippen LogP contribution in [-0.4, -0.2) is 78.9 Å². The molecule has 0 bridgehead atoms. The van der Waals surface area contributed by atoms with Crippen molar-refractivity contribution < 1.29 is 14.4 Å². The summed E-state index contributed by atoms with van der Waals surface area (Å²) in [5, 5.41) is 9.79. The van der Waals surface area contributed by atoms with E-state index in [1.807, 2.05) is 4.90 Å². The molecule has 0 aliphatic carbocycles. The standard InChI is InChI=1S/C24H23Cl2N5O3/c1-28(2)21(32)13-30-12-20(16-6-4-15(11-27)5-7-16)24(14-30)22(33)31(23(34)29(24)3)19-9-17(25)8-18(26)10-19/h4-10,20H,12-14H2,1-3H3/t20-,24+/m0/s1. The lowest BCUT2D eigenvalue weighted by Crippen LogP contribution is -2.54. The zero-order valence-electron chi connectivity index (χ0n) is 19.0. The van der Waals surface area contributed by atoms with Crippen LogP contribution < -0.4 is 4.90 Å². The van der Waals surface area contributed by atoms with Gasteiger partial charge in [0.25, 0.3) is 5.91 Å². The van der Waals surface area contributed by atoms with Crippen molar-refractivity contribution in [2.45, 2.75) is 11.5 Å². The fourth-order valence-corrected chi connectivity index (χ4v) is 5.26. The molecule has 0 unspecified atom stereocenters. The highest BCUT2D eigenvalue weighted by Crippen LogP contribution is 2.46. The van der Waals surface area contributed by atoms with Gasteiger partial charge in [-0.1, -0.05) is 35.3 Å². The number of amides is 4. The zero-order chi connectivity index (χ0) is 24.8. The van der Waals surface area contributed by atoms with Gasteiger partial charge in [0.15, 0.2) is 0 Å². The van der Waals surface area contributed by atoms with E-state index in [4.69, 9.17) is 23.2 Å². The number of urea groups is 1. The first-order valence-electron chi connectivity index (χ1n) is 10.6. The second kappa shape index (κ2) is 8.91. The van der Waals surface area contributed by atoms with Gasteiger partial charge < -0.3 is 9.80 Å². The molecule has 0 aromatic heterocycles. The monoisotopic (exact) mass is 499 g/mol. The number of rotatable bonds is 4. The van der Waals surface area contributed by atoms with Gasteiger partial charge in [0, 0.05) is 50.2 Å². The van der Waals surface area contributed by atoms with Gasteiger partial charge in [0.05, 0.1) is 23.9 Å². The van der Waals surface area contributed by atoms with Crippen molar-refractivity contribution in [3.63, 3.8) is 0 Å². The number of halogens is 2. The van der Waals surface area contributed by atoms with E-state index in [-0.39, 0.29) is 24.7 Å². The van der Waals surface area contributed by atoms with Crippen LogP contribution in [0.5, 0.6) is 0 Å². The first-order chi connectivity index (χ1) is 16.1. The van der Waals surface area contributed by atoms with Crippen molar-refractivity contribution in [3.8, 4) is 6.07 Å². The maximum absolute atomic E-state index is 14.0. The van der Waals surface area contributed by atoms with Crippen LogP contribution in [0.25, 0.3) is 0 Å². The number of hydrogen-bond acceptors (Lipinski definition) is 5. The van der Waals surface area contributed by atoms with Gasteiger partial charge in [-0.15, -0.1) is 0 Å². The van der Waals surface area contributed by atoms with Crippen molar-refractivity contribution in [2.75, 3.05) is 45.7 Å². The summed E-state index contributed by atoms with van der Waals surface area (Å²) in [7, 11) is 4.95. The van der Waals surface area contributed by atoms with Crippen molar-refractivity contribution in [1.29, 1.82) is 5.26 Å². The summed E-state index contributed by atoms with van der Waals surface area (Å²) in [6.45, 7) is 0.682. The van der Waals surface area contributed by atoms with E-state index in [9.17, 15) is 19.6 Å². The van der Waals surface area contributed by atoms with Crippen LogP contribution in [0.2, 0.25) is 10.0 Å². The van der Waals surface area contributed by atoms with Gasteiger partial charge in [0.1, 0.15) is 5.54 Å². The SMILES string of the molecule is CN(C)C(=O)CN1C[C@@H](c2ccc(C#N)cc2)[C@]2(C1)C(=O)N(c1cc(Cl)cc(Cl)c1)C(=O)N2C. The Kier molecular flexibility index (Phi) is 6.30. The molecule has 4 rings (SSSR count). The minimum absolute atomic E-state index is 0.103. The Morgan fingerprint density at radius 1 is 1.15 bits per heavy atom. The summed E-state index contributed by atoms with van der Waals surface area (Å²) < 4.78 is 0. The Bertz CT molecular complexity index is 1190. The van der Waals surface area contributed by atoms with E-state index in [0.29, 0.717) is 22.2 Å². The second-order valence-corrected chi connectivity index (χ2v) is 9.65. The molecule has 2 fully saturated rings. The molecule has 2 aromatic carbocycles. The first-order valence-corrected chi connectivity index (χ1v) is 11.3. The molecule has 2 aromatic rings. The summed E-state index contributed by atoms with van der Waals surface area (Å²) >= 11 is 12.3. The fourth-order valence-electron chi connectivity index (χ4n) is 4.75. The highest BCUT2D eigenvalue weighted by atomic mass is 35.5. The van der Waals surface area contributed by atoms with E-state index in [0.717, 1.165) is 10.5 Å².